The van der Waals surface area contributed by atoms with E-state index < -0.39 is 0 Å². The van der Waals surface area contributed by atoms with Gasteiger partial charge in [0.25, 0.3) is 0 Å². The Bertz CT molecular complexity index is 709. The number of ether oxygens (including phenoxy) is 1. The van der Waals surface area contributed by atoms with E-state index in [-0.39, 0.29) is 0 Å². The molecule has 2 N–H and O–H groups in total. The number of methoxy groups -OCH3 is 1. The topological polar surface area (TPSA) is 49.9 Å². The van der Waals surface area contributed by atoms with Gasteiger partial charge in [0.05, 0.1) is 7.11 Å². The van der Waals surface area contributed by atoms with Crippen LogP contribution in [0.4, 0.5) is 0 Å². The largest absolute Gasteiger partial charge is 0.496 e. The van der Waals surface area contributed by atoms with Gasteiger partial charge in [-0.15, -0.1) is 0 Å². The standard InChI is InChI=1S/C15H17N3OS/c1-9-7-10(3-4-13(9)19-2)14-17-12-5-6-16-8-11(12)15(20)18-14/h3-4,7,16H,5-6,8H2,1-2H3,(H,17,18,20). The number of fused-ring (bicyclic) bond motifs is 1. The van der Waals surface area contributed by atoms with E-state index >= 15 is 0 Å². The van der Waals surface area contributed by atoms with Gasteiger partial charge in [0.15, 0.2) is 0 Å². The Morgan fingerprint density at radius 3 is 2.95 bits per heavy atom. The van der Waals surface area contributed by atoms with E-state index in [1.165, 1.54) is 5.69 Å². The van der Waals surface area contributed by atoms with E-state index in [1.54, 1.807) is 7.11 Å². The number of benzene rings is 1. The molecule has 0 saturated carbocycles. The summed E-state index contributed by atoms with van der Waals surface area (Å²) >= 11 is 5.41. The Kier molecular flexibility index (Phi) is 3.54. The number of nitrogens with zero attached hydrogens (tertiary/aromatic N) is 1. The molecule has 0 amide bonds. The fourth-order valence-electron chi connectivity index (χ4n) is 2.53. The van der Waals surface area contributed by atoms with Crippen molar-refractivity contribution < 1.29 is 4.74 Å². The van der Waals surface area contributed by atoms with Crippen molar-refractivity contribution in [2.75, 3.05) is 13.7 Å². The average Bonchev–Trinajstić information content (AvgIpc) is 2.47. The fraction of sp³-hybridized carbons (Fsp3) is 0.333. The van der Waals surface area contributed by atoms with Crippen molar-refractivity contribution in [3.05, 3.63) is 39.7 Å². The van der Waals surface area contributed by atoms with Gasteiger partial charge in [-0.2, -0.15) is 0 Å². The predicted octanol–water partition coefficient (Wildman–Crippen LogP) is 2.77. The third-order valence-electron chi connectivity index (χ3n) is 3.63. The highest BCUT2D eigenvalue weighted by Gasteiger charge is 2.14. The zero-order valence-corrected chi connectivity index (χ0v) is 12.4. The summed E-state index contributed by atoms with van der Waals surface area (Å²) < 4.78 is 5.98. The van der Waals surface area contributed by atoms with Crippen molar-refractivity contribution in [1.82, 2.24) is 15.3 Å². The predicted molar refractivity (Wildman–Crippen MR) is 81.6 cm³/mol. The summed E-state index contributed by atoms with van der Waals surface area (Å²) in [4.78, 5) is 7.96. The molecule has 4 nitrogen and oxygen atoms in total. The Morgan fingerprint density at radius 2 is 2.20 bits per heavy atom. The summed E-state index contributed by atoms with van der Waals surface area (Å²) in [6.07, 6.45) is 0.962. The van der Waals surface area contributed by atoms with Crippen LogP contribution >= 0.6 is 12.2 Å². The normalized spacial score (nSPS) is 13.9. The molecule has 0 spiro atoms. The minimum Gasteiger partial charge on any atom is -0.496 e. The van der Waals surface area contributed by atoms with Gasteiger partial charge < -0.3 is 15.0 Å². The van der Waals surface area contributed by atoms with Crippen LogP contribution in [0.25, 0.3) is 11.4 Å². The molecule has 0 aliphatic carbocycles. The highest BCUT2D eigenvalue weighted by molar-refractivity contribution is 7.71. The van der Waals surface area contributed by atoms with Gasteiger partial charge in [-0.05, 0) is 30.7 Å². The lowest BCUT2D eigenvalue weighted by Gasteiger charge is -2.18. The Labute approximate surface area is 123 Å². The monoisotopic (exact) mass is 287 g/mol. The Hall–Kier alpha value is -1.72. The number of rotatable bonds is 2. The van der Waals surface area contributed by atoms with Gasteiger partial charge in [-0.3, -0.25) is 0 Å². The number of H-pyrrole nitrogens is 1. The third kappa shape index (κ3) is 2.34. The molecule has 0 bridgehead atoms. The average molecular weight is 287 g/mol. The maximum Gasteiger partial charge on any atom is 0.139 e. The lowest BCUT2D eigenvalue weighted by Crippen LogP contribution is -2.25. The highest BCUT2D eigenvalue weighted by atomic mass is 32.1. The Morgan fingerprint density at radius 1 is 1.35 bits per heavy atom. The molecule has 104 valence electrons. The molecule has 0 unspecified atom stereocenters. The lowest BCUT2D eigenvalue weighted by atomic mass is 10.1. The van der Waals surface area contributed by atoms with Crippen LogP contribution in [-0.4, -0.2) is 23.6 Å². The van der Waals surface area contributed by atoms with Crippen LogP contribution in [0.3, 0.4) is 0 Å². The molecule has 2 heterocycles. The zero-order valence-electron chi connectivity index (χ0n) is 11.6. The summed E-state index contributed by atoms with van der Waals surface area (Å²) in [5.41, 5.74) is 4.45. The van der Waals surface area contributed by atoms with E-state index in [2.05, 4.69) is 21.4 Å². The molecule has 2 aromatic rings. The van der Waals surface area contributed by atoms with E-state index in [4.69, 9.17) is 17.0 Å². The molecule has 1 aromatic carbocycles. The number of hydrogen-bond donors (Lipinski definition) is 2. The van der Waals surface area contributed by atoms with E-state index in [0.29, 0.717) is 4.64 Å². The minimum absolute atomic E-state index is 0.689. The molecule has 5 heteroatoms. The summed E-state index contributed by atoms with van der Waals surface area (Å²) in [7, 11) is 1.68. The van der Waals surface area contributed by atoms with Gasteiger partial charge in [0, 0.05) is 36.3 Å². The fourth-order valence-corrected chi connectivity index (χ4v) is 2.82. The first-order chi connectivity index (χ1) is 9.69. The van der Waals surface area contributed by atoms with Crippen LogP contribution < -0.4 is 10.1 Å². The van der Waals surface area contributed by atoms with Crippen LogP contribution in [0.1, 0.15) is 16.8 Å². The second-order valence-electron chi connectivity index (χ2n) is 4.96. The van der Waals surface area contributed by atoms with E-state index in [1.807, 2.05) is 19.1 Å². The van der Waals surface area contributed by atoms with E-state index in [0.717, 1.165) is 47.8 Å². The molecule has 0 fully saturated rings. The first kappa shape index (κ1) is 13.3. The third-order valence-corrected chi connectivity index (χ3v) is 3.96. The first-order valence-corrected chi connectivity index (χ1v) is 7.07. The Balaban J connectivity index is 2.08. The molecular weight excluding hydrogens is 270 g/mol. The van der Waals surface area contributed by atoms with Crippen LogP contribution in [0.5, 0.6) is 5.75 Å². The molecule has 0 atom stereocenters. The number of aryl methyl sites for hydroxylation is 1. The van der Waals surface area contributed by atoms with Crippen LogP contribution in [0.15, 0.2) is 18.2 Å². The minimum atomic E-state index is 0.689. The summed E-state index contributed by atoms with van der Waals surface area (Å²) in [6.45, 7) is 3.81. The number of hydrogen-bond acceptors (Lipinski definition) is 4. The van der Waals surface area contributed by atoms with Crippen molar-refractivity contribution in [1.29, 1.82) is 0 Å². The smallest absolute Gasteiger partial charge is 0.139 e. The molecule has 20 heavy (non-hydrogen) atoms. The summed E-state index contributed by atoms with van der Waals surface area (Å²) in [5, 5.41) is 3.32. The SMILES string of the molecule is COc1ccc(-c2nc(=S)c3c([nH]2)CCNC3)cc1C. The van der Waals surface area contributed by atoms with Crippen molar-refractivity contribution in [3.8, 4) is 17.1 Å². The number of aromatic amines is 1. The molecule has 1 aliphatic heterocycles. The van der Waals surface area contributed by atoms with Gasteiger partial charge in [-0.1, -0.05) is 12.2 Å². The van der Waals surface area contributed by atoms with Gasteiger partial charge in [-0.25, -0.2) is 4.98 Å². The maximum absolute atomic E-state index is 5.41. The molecule has 0 radical (unpaired) electrons. The van der Waals surface area contributed by atoms with Crippen LogP contribution in [-0.2, 0) is 13.0 Å². The van der Waals surface area contributed by atoms with Gasteiger partial charge >= 0.3 is 0 Å². The van der Waals surface area contributed by atoms with Crippen LogP contribution in [0, 0.1) is 11.6 Å². The second kappa shape index (κ2) is 5.34. The number of aromatic nitrogens is 2. The van der Waals surface area contributed by atoms with Crippen molar-refractivity contribution >= 4 is 12.2 Å². The number of nitrogens with one attached hydrogen (secondary N) is 2. The molecule has 1 aromatic heterocycles. The molecule has 0 saturated heterocycles. The molecule has 1 aliphatic rings. The van der Waals surface area contributed by atoms with Crippen LogP contribution in [0.2, 0.25) is 0 Å². The summed E-state index contributed by atoms with van der Waals surface area (Å²) in [6, 6.07) is 6.04. The molecular formula is C15H17N3OS. The molecule has 3 rings (SSSR count). The van der Waals surface area contributed by atoms with Gasteiger partial charge in [0.2, 0.25) is 0 Å². The van der Waals surface area contributed by atoms with Crippen molar-refractivity contribution in [3.63, 3.8) is 0 Å². The van der Waals surface area contributed by atoms with Crippen molar-refractivity contribution in [2.45, 2.75) is 19.9 Å². The lowest BCUT2D eigenvalue weighted by molar-refractivity contribution is 0.412. The van der Waals surface area contributed by atoms with E-state index in [9.17, 15) is 0 Å². The quantitative estimate of drug-likeness (QED) is 0.834. The highest BCUT2D eigenvalue weighted by Crippen LogP contribution is 2.25. The zero-order chi connectivity index (χ0) is 14.1. The van der Waals surface area contributed by atoms with Gasteiger partial charge in [0.1, 0.15) is 16.2 Å². The second-order valence-corrected chi connectivity index (χ2v) is 5.35. The van der Waals surface area contributed by atoms with Crippen molar-refractivity contribution in [2.24, 2.45) is 0 Å². The maximum atomic E-state index is 5.41. The summed E-state index contributed by atoms with van der Waals surface area (Å²) in [5.74, 6) is 1.72. The first-order valence-electron chi connectivity index (χ1n) is 6.67.